The number of H-pyrrole nitrogens is 1. The molecule has 0 unspecified atom stereocenters. The van der Waals surface area contributed by atoms with Crippen LogP contribution < -0.4 is 10.9 Å². The van der Waals surface area contributed by atoms with Gasteiger partial charge >= 0.3 is 0 Å². The minimum Gasteiger partial charge on any atom is -0.361 e. The van der Waals surface area contributed by atoms with Crippen LogP contribution in [0.15, 0.2) is 53.5 Å². The smallest absolute Gasteiger partial charge is 0.261 e. The monoisotopic (exact) mass is 378 g/mol. The number of carbonyl (C=O) groups is 1. The summed E-state index contributed by atoms with van der Waals surface area (Å²) < 4.78 is 14.9. The second kappa shape index (κ2) is 7.26. The fraction of sp³-hybridized carbons (Fsp3) is 0.190. The topological polar surface area (TPSA) is 79.8 Å². The molecule has 0 radical (unpaired) electrons. The summed E-state index contributed by atoms with van der Waals surface area (Å²) in [5.41, 5.74) is 2.06. The van der Waals surface area contributed by atoms with Crippen LogP contribution in [-0.4, -0.2) is 27.0 Å². The lowest BCUT2D eigenvalue weighted by molar-refractivity contribution is -0.120. The summed E-state index contributed by atoms with van der Waals surface area (Å²) in [4.78, 5) is 32.4. The second-order valence-electron chi connectivity index (χ2n) is 6.66. The van der Waals surface area contributed by atoms with E-state index in [9.17, 15) is 14.0 Å². The van der Waals surface area contributed by atoms with Crippen LogP contribution in [0.5, 0.6) is 0 Å². The Kier molecular flexibility index (Phi) is 4.65. The van der Waals surface area contributed by atoms with Crippen molar-refractivity contribution in [3.8, 4) is 0 Å². The van der Waals surface area contributed by atoms with Gasteiger partial charge in [0.15, 0.2) is 0 Å². The Morgan fingerprint density at radius 3 is 2.89 bits per heavy atom. The Bertz CT molecular complexity index is 1240. The zero-order chi connectivity index (χ0) is 19.7. The van der Waals surface area contributed by atoms with E-state index in [0.717, 1.165) is 16.5 Å². The first-order chi connectivity index (χ1) is 13.5. The lowest BCUT2D eigenvalue weighted by atomic mass is 10.1. The largest absolute Gasteiger partial charge is 0.361 e. The molecule has 0 saturated heterocycles. The highest BCUT2D eigenvalue weighted by Crippen LogP contribution is 2.18. The minimum atomic E-state index is -0.478. The Balaban J connectivity index is 1.45. The van der Waals surface area contributed by atoms with Crippen LogP contribution in [0.4, 0.5) is 4.39 Å². The maximum Gasteiger partial charge on any atom is 0.261 e. The minimum absolute atomic E-state index is 0.129. The van der Waals surface area contributed by atoms with Gasteiger partial charge < -0.3 is 10.3 Å². The molecule has 0 atom stereocenters. The highest BCUT2D eigenvalue weighted by atomic mass is 19.1. The summed E-state index contributed by atoms with van der Waals surface area (Å²) in [7, 11) is 0. The molecule has 2 aromatic carbocycles. The molecule has 6 nitrogen and oxygen atoms in total. The molecule has 0 aliphatic rings. The van der Waals surface area contributed by atoms with E-state index >= 15 is 0 Å². The van der Waals surface area contributed by atoms with Gasteiger partial charge in [-0.15, -0.1) is 0 Å². The van der Waals surface area contributed by atoms with Crippen LogP contribution in [0.1, 0.15) is 11.4 Å². The zero-order valence-corrected chi connectivity index (χ0v) is 15.3. The molecule has 0 aliphatic carbocycles. The van der Waals surface area contributed by atoms with Crippen molar-refractivity contribution in [1.82, 2.24) is 19.9 Å². The van der Waals surface area contributed by atoms with Crippen molar-refractivity contribution in [1.29, 1.82) is 0 Å². The number of benzene rings is 2. The van der Waals surface area contributed by atoms with Gasteiger partial charge in [0.2, 0.25) is 5.91 Å². The van der Waals surface area contributed by atoms with Crippen LogP contribution in [0, 0.1) is 12.7 Å². The first-order valence-corrected chi connectivity index (χ1v) is 9.01. The summed E-state index contributed by atoms with van der Waals surface area (Å²) in [6, 6.07) is 11.8. The number of hydrogen-bond acceptors (Lipinski definition) is 3. The van der Waals surface area contributed by atoms with Crippen molar-refractivity contribution in [3.05, 3.63) is 76.2 Å². The summed E-state index contributed by atoms with van der Waals surface area (Å²) in [5.74, 6) is -0.0842. The summed E-state index contributed by atoms with van der Waals surface area (Å²) in [5, 5.41) is 4.08. The molecule has 4 aromatic rings. The van der Waals surface area contributed by atoms with Crippen molar-refractivity contribution < 1.29 is 9.18 Å². The Labute approximate surface area is 160 Å². The first kappa shape index (κ1) is 17.9. The predicted molar refractivity (Wildman–Crippen MR) is 106 cm³/mol. The fourth-order valence-electron chi connectivity index (χ4n) is 3.39. The number of nitrogens with one attached hydrogen (secondary N) is 2. The molecule has 2 N–H and O–H groups in total. The van der Waals surface area contributed by atoms with Gasteiger partial charge in [0.1, 0.15) is 11.6 Å². The van der Waals surface area contributed by atoms with Gasteiger partial charge in [-0.2, -0.15) is 0 Å². The van der Waals surface area contributed by atoms with E-state index < -0.39 is 5.82 Å². The molecule has 4 rings (SSSR count). The lowest BCUT2D eigenvalue weighted by Crippen LogP contribution is -2.33. The van der Waals surface area contributed by atoms with Gasteiger partial charge in [-0.05, 0) is 36.8 Å². The molecular formula is C21H19FN4O2. The maximum atomic E-state index is 13.5. The van der Waals surface area contributed by atoms with E-state index in [1.165, 1.54) is 22.8 Å². The van der Waals surface area contributed by atoms with E-state index in [1.54, 1.807) is 6.92 Å². The second-order valence-corrected chi connectivity index (χ2v) is 6.66. The van der Waals surface area contributed by atoms with E-state index in [4.69, 9.17) is 0 Å². The first-order valence-electron chi connectivity index (χ1n) is 9.01. The van der Waals surface area contributed by atoms with Gasteiger partial charge in [0.25, 0.3) is 5.56 Å². The summed E-state index contributed by atoms with van der Waals surface area (Å²) >= 11 is 0. The molecule has 0 saturated carbocycles. The van der Waals surface area contributed by atoms with Crippen molar-refractivity contribution in [2.45, 2.75) is 19.9 Å². The zero-order valence-electron chi connectivity index (χ0n) is 15.3. The highest BCUT2D eigenvalue weighted by Gasteiger charge is 2.11. The number of rotatable bonds is 5. The number of para-hydroxylation sites is 1. The standard InChI is InChI=1S/C21H19FN4O2/c1-13-25-19-7-6-15(22)11-17(19)21(28)26(13)9-8-23-20(27)10-14-12-24-18-5-3-2-4-16(14)18/h2-7,11-12,24H,8-10H2,1H3,(H,23,27). The molecule has 28 heavy (non-hydrogen) atoms. The number of halogens is 1. The molecule has 2 aromatic heterocycles. The van der Waals surface area contributed by atoms with Gasteiger partial charge in [-0.1, -0.05) is 18.2 Å². The SMILES string of the molecule is Cc1nc2ccc(F)cc2c(=O)n1CCNC(=O)Cc1c[nH]c2ccccc12. The fourth-order valence-corrected chi connectivity index (χ4v) is 3.39. The average Bonchev–Trinajstić information content (AvgIpc) is 3.08. The van der Waals surface area contributed by atoms with Crippen molar-refractivity contribution in [2.24, 2.45) is 0 Å². The summed E-state index contributed by atoms with van der Waals surface area (Å²) in [6.45, 7) is 2.27. The van der Waals surface area contributed by atoms with Crippen LogP contribution in [-0.2, 0) is 17.8 Å². The number of aryl methyl sites for hydroxylation is 1. The molecule has 142 valence electrons. The quantitative estimate of drug-likeness (QED) is 0.560. The number of hydrogen-bond donors (Lipinski definition) is 2. The molecule has 0 aliphatic heterocycles. The molecule has 0 spiro atoms. The van der Waals surface area contributed by atoms with Crippen LogP contribution >= 0.6 is 0 Å². The van der Waals surface area contributed by atoms with Crippen molar-refractivity contribution >= 4 is 27.7 Å². The Morgan fingerprint density at radius 2 is 2.04 bits per heavy atom. The van der Waals surface area contributed by atoms with Crippen molar-refractivity contribution in [2.75, 3.05) is 6.54 Å². The third kappa shape index (κ3) is 3.38. The Hall–Kier alpha value is -3.48. The number of aromatic nitrogens is 3. The van der Waals surface area contributed by atoms with E-state index in [1.807, 2.05) is 30.5 Å². The molecule has 0 fully saturated rings. The van der Waals surface area contributed by atoms with Gasteiger partial charge in [-0.25, -0.2) is 9.37 Å². The normalized spacial score (nSPS) is 11.2. The number of amides is 1. The average molecular weight is 378 g/mol. The van der Waals surface area contributed by atoms with Gasteiger partial charge in [0.05, 0.1) is 17.3 Å². The van der Waals surface area contributed by atoms with Crippen LogP contribution in [0.25, 0.3) is 21.8 Å². The van der Waals surface area contributed by atoms with E-state index in [-0.39, 0.29) is 36.4 Å². The van der Waals surface area contributed by atoms with E-state index in [2.05, 4.69) is 15.3 Å². The molecule has 2 heterocycles. The molecule has 0 bridgehead atoms. The molecule has 1 amide bonds. The third-order valence-corrected chi connectivity index (χ3v) is 4.79. The van der Waals surface area contributed by atoms with Gasteiger partial charge in [0, 0.05) is 30.2 Å². The van der Waals surface area contributed by atoms with Gasteiger partial charge in [-0.3, -0.25) is 14.2 Å². The Morgan fingerprint density at radius 1 is 1.21 bits per heavy atom. The van der Waals surface area contributed by atoms with E-state index in [0.29, 0.717) is 11.3 Å². The number of fused-ring (bicyclic) bond motifs is 2. The molecule has 7 heteroatoms. The number of carbonyl (C=O) groups excluding carboxylic acids is 1. The van der Waals surface area contributed by atoms with Crippen LogP contribution in [0.3, 0.4) is 0 Å². The lowest BCUT2D eigenvalue weighted by Gasteiger charge is -2.11. The van der Waals surface area contributed by atoms with Crippen LogP contribution in [0.2, 0.25) is 0 Å². The summed E-state index contributed by atoms with van der Waals surface area (Å²) in [6.07, 6.45) is 2.08. The van der Waals surface area contributed by atoms with Crippen molar-refractivity contribution in [3.63, 3.8) is 0 Å². The highest BCUT2D eigenvalue weighted by molar-refractivity contribution is 5.88. The molecular weight excluding hydrogens is 359 g/mol. The number of aromatic amines is 1. The third-order valence-electron chi connectivity index (χ3n) is 4.79. The maximum absolute atomic E-state index is 13.5. The number of nitrogens with zero attached hydrogens (tertiary/aromatic N) is 2. The predicted octanol–water partition coefficient (Wildman–Crippen LogP) is 2.68.